The summed E-state index contributed by atoms with van der Waals surface area (Å²) in [5.41, 5.74) is 1.47. The second-order valence-electron chi connectivity index (χ2n) is 4.05. The maximum Gasteiger partial charge on any atom is 0.203 e. The summed E-state index contributed by atoms with van der Waals surface area (Å²) in [4.78, 5) is 0. The number of nitrogens with zero attached hydrogens (tertiary/aromatic N) is 3. The Hall–Kier alpha value is -2.56. The summed E-state index contributed by atoms with van der Waals surface area (Å²) in [7, 11) is 0. The molecule has 0 radical (unpaired) electrons. The van der Waals surface area contributed by atoms with Crippen LogP contribution in [0.15, 0.2) is 42.6 Å². The van der Waals surface area contributed by atoms with Gasteiger partial charge in [-0.1, -0.05) is 12.1 Å². The Morgan fingerprint density at radius 1 is 1.00 bits per heavy atom. The summed E-state index contributed by atoms with van der Waals surface area (Å²) in [5.74, 6) is 1.09. The SMILES string of the molecule is Oc1ccc(Cc2nnc3c(O)cccn23)cc1. The number of rotatable bonds is 2. The number of benzene rings is 1. The third-order valence-corrected chi connectivity index (χ3v) is 2.78. The van der Waals surface area contributed by atoms with Crippen LogP contribution >= 0.6 is 0 Å². The minimum atomic E-state index is 0.113. The minimum absolute atomic E-state index is 0.113. The first kappa shape index (κ1) is 10.6. The Kier molecular flexibility index (Phi) is 2.37. The van der Waals surface area contributed by atoms with Crippen LogP contribution in [0.5, 0.6) is 11.5 Å². The van der Waals surface area contributed by atoms with Crippen LogP contribution in [0.3, 0.4) is 0 Å². The quantitative estimate of drug-likeness (QED) is 0.716. The van der Waals surface area contributed by atoms with E-state index in [9.17, 15) is 10.2 Å². The lowest BCUT2D eigenvalue weighted by molar-refractivity contribution is 0.475. The number of hydrogen-bond acceptors (Lipinski definition) is 4. The summed E-state index contributed by atoms with van der Waals surface area (Å²) in [5, 5.41) is 26.9. The molecule has 0 unspecified atom stereocenters. The highest BCUT2D eigenvalue weighted by Crippen LogP contribution is 2.18. The highest BCUT2D eigenvalue weighted by molar-refractivity contribution is 5.52. The van der Waals surface area contributed by atoms with Crippen molar-refractivity contribution in [3.63, 3.8) is 0 Å². The fourth-order valence-corrected chi connectivity index (χ4v) is 1.87. The predicted molar refractivity (Wildman–Crippen MR) is 65.6 cm³/mol. The number of fused-ring (bicyclic) bond motifs is 1. The fraction of sp³-hybridized carbons (Fsp3) is 0.0769. The van der Waals surface area contributed by atoms with Gasteiger partial charge in [-0.2, -0.15) is 0 Å². The topological polar surface area (TPSA) is 70.7 Å². The average Bonchev–Trinajstić information content (AvgIpc) is 2.77. The molecule has 1 aromatic carbocycles. The number of aromatic hydroxyl groups is 2. The number of aromatic nitrogens is 3. The molecular formula is C13H11N3O2. The molecule has 3 aromatic rings. The van der Waals surface area contributed by atoms with Crippen LogP contribution in [-0.4, -0.2) is 24.8 Å². The van der Waals surface area contributed by atoms with Gasteiger partial charge in [0, 0.05) is 12.6 Å². The molecule has 0 spiro atoms. The lowest BCUT2D eigenvalue weighted by atomic mass is 10.1. The van der Waals surface area contributed by atoms with Gasteiger partial charge in [-0.25, -0.2) is 0 Å². The standard InChI is InChI=1S/C13H11N3O2/c17-10-5-3-9(4-6-10)8-12-14-15-13-11(18)2-1-7-16(12)13/h1-7,17-18H,8H2. The molecule has 2 heterocycles. The molecule has 90 valence electrons. The van der Waals surface area contributed by atoms with Gasteiger partial charge in [0.25, 0.3) is 0 Å². The van der Waals surface area contributed by atoms with Gasteiger partial charge in [0.15, 0.2) is 5.75 Å². The second-order valence-corrected chi connectivity index (χ2v) is 4.05. The molecule has 0 aliphatic heterocycles. The molecule has 0 amide bonds. The van der Waals surface area contributed by atoms with Crippen molar-refractivity contribution in [3.8, 4) is 11.5 Å². The van der Waals surface area contributed by atoms with Crippen molar-refractivity contribution < 1.29 is 10.2 Å². The monoisotopic (exact) mass is 241 g/mol. The number of phenols is 1. The van der Waals surface area contributed by atoms with Gasteiger partial charge in [-0.3, -0.25) is 4.40 Å². The number of phenolic OH excluding ortho intramolecular Hbond substituents is 1. The van der Waals surface area contributed by atoms with Crippen molar-refractivity contribution in [2.24, 2.45) is 0 Å². The summed E-state index contributed by atoms with van der Waals surface area (Å²) in [6, 6.07) is 10.3. The van der Waals surface area contributed by atoms with Gasteiger partial charge < -0.3 is 10.2 Å². The Bertz CT molecular complexity index is 689. The first-order valence-corrected chi connectivity index (χ1v) is 5.53. The van der Waals surface area contributed by atoms with E-state index in [0.717, 1.165) is 11.4 Å². The first-order chi connectivity index (χ1) is 8.74. The van der Waals surface area contributed by atoms with Crippen LogP contribution in [0.2, 0.25) is 0 Å². The van der Waals surface area contributed by atoms with Crippen molar-refractivity contribution in [2.75, 3.05) is 0 Å². The zero-order valence-corrected chi connectivity index (χ0v) is 9.48. The molecule has 0 aliphatic rings. The maximum absolute atomic E-state index is 9.63. The van der Waals surface area contributed by atoms with Gasteiger partial charge in [0.2, 0.25) is 5.65 Å². The van der Waals surface area contributed by atoms with E-state index in [1.165, 1.54) is 0 Å². The van der Waals surface area contributed by atoms with E-state index in [-0.39, 0.29) is 11.5 Å². The molecular weight excluding hydrogens is 230 g/mol. The minimum Gasteiger partial charge on any atom is -0.508 e. The molecule has 18 heavy (non-hydrogen) atoms. The largest absolute Gasteiger partial charge is 0.508 e. The van der Waals surface area contributed by atoms with E-state index in [1.54, 1.807) is 28.7 Å². The van der Waals surface area contributed by atoms with Crippen LogP contribution in [0, 0.1) is 0 Å². The second kappa shape index (κ2) is 4.03. The highest BCUT2D eigenvalue weighted by atomic mass is 16.3. The van der Waals surface area contributed by atoms with Crippen molar-refractivity contribution >= 4 is 5.65 Å². The van der Waals surface area contributed by atoms with Crippen molar-refractivity contribution in [2.45, 2.75) is 6.42 Å². The predicted octanol–water partition coefficient (Wildman–Crippen LogP) is 1.73. The number of pyridine rings is 1. The molecule has 5 heteroatoms. The normalized spacial score (nSPS) is 10.9. The van der Waals surface area contributed by atoms with Gasteiger partial charge in [0.1, 0.15) is 11.6 Å². The molecule has 0 atom stereocenters. The fourth-order valence-electron chi connectivity index (χ4n) is 1.87. The Morgan fingerprint density at radius 2 is 1.78 bits per heavy atom. The van der Waals surface area contributed by atoms with Crippen LogP contribution in [0.25, 0.3) is 5.65 Å². The summed E-state index contributed by atoms with van der Waals surface area (Å²) in [6.07, 6.45) is 2.40. The average molecular weight is 241 g/mol. The Morgan fingerprint density at radius 3 is 2.56 bits per heavy atom. The zero-order chi connectivity index (χ0) is 12.5. The maximum atomic E-state index is 9.63. The van der Waals surface area contributed by atoms with Crippen molar-refractivity contribution in [3.05, 3.63) is 54.0 Å². The van der Waals surface area contributed by atoms with Crippen LogP contribution < -0.4 is 0 Å². The van der Waals surface area contributed by atoms with Gasteiger partial charge >= 0.3 is 0 Å². The summed E-state index contributed by atoms with van der Waals surface area (Å²) >= 11 is 0. The van der Waals surface area contributed by atoms with E-state index in [1.807, 2.05) is 18.3 Å². The molecule has 3 rings (SSSR count). The summed E-state index contributed by atoms with van der Waals surface area (Å²) < 4.78 is 1.75. The molecule has 0 fully saturated rings. The van der Waals surface area contributed by atoms with E-state index in [2.05, 4.69) is 10.2 Å². The van der Waals surface area contributed by atoms with E-state index in [4.69, 9.17) is 0 Å². The van der Waals surface area contributed by atoms with Crippen LogP contribution in [0.4, 0.5) is 0 Å². The summed E-state index contributed by atoms with van der Waals surface area (Å²) in [6.45, 7) is 0. The Labute approximate surface area is 103 Å². The molecule has 5 nitrogen and oxygen atoms in total. The highest BCUT2D eigenvalue weighted by Gasteiger charge is 2.08. The van der Waals surface area contributed by atoms with Crippen LogP contribution in [0.1, 0.15) is 11.4 Å². The lowest BCUT2D eigenvalue weighted by Crippen LogP contribution is -1.95. The lowest BCUT2D eigenvalue weighted by Gasteiger charge is -2.01. The van der Waals surface area contributed by atoms with E-state index in [0.29, 0.717) is 12.1 Å². The smallest absolute Gasteiger partial charge is 0.203 e. The van der Waals surface area contributed by atoms with Crippen LogP contribution in [-0.2, 0) is 6.42 Å². The van der Waals surface area contributed by atoms with E-state index < -0.39 is 0 Å². The Balaban J connectivity index is 2.00. The molecule has 0 aliphatic carbocycles. The molecule has 2 aromatic heterocycles. The molecule has 2 N–H and O–H groups in total. The molecule has 0 bridgehead atoms. The van der Waals surface area contributed by atoms with Crippen molar-refractivity contribution in [1.29, 1.82) is 0 Å². The third kappa shape index (κ3) is 1.75. The van der Waals surface area contributed by atoms with E-state index >= 15 is 0 Å². The zero-order valence-electron chi connectivity index (χ0n) is 9.48. The van der Waals surface area contributed by atoms with Crippen molar-refractivity contribution in [1.82, 2.24) is 14.6 Å². The third-order valence-electron chi connectivity index (χ3n) is 2.78. The molecule has 0 saturated heterocycles. The number of hydrogen-bond donors (Lipinski definition) is 2. The molecule has 0 saturated carbocycles. The van der Waals surface area contributed by atoms with Gasteiger partial charge in [-0.15, -0.1) is 10.2 Å². The van der Waals surface area contributed by atoms with Gasteiger partial charge in [0.05, 0.1) is 0 Å². The van der Waals surface area contributed by atoms with Gasteiger partial charge in [-0.05, 0) is 29.8 Å². The first-order valence-electron chi connectivity index (χ1n) is 5.53.